The number of para-hydroxylation sites is 1. The molecule has 0 spiro atoms. The summed E-state index contributed by atoms with van der Waals surface area (Å²) in [4.78, 5) is 19.5. The number of nitrogens with one attached hydrogen (secondary N) is 1. The number of halogens is 2. The van der Waals surface area contributed by atoms with Crippen molar-refractivity contribution in [2.75, 3.05) is 5.32 Å². The van der Waals surface area contributed by atoms with Crippen molar-refractivity contribution in [3.05, 3.63) is 52.5 Å². The van der Waals surface area contributed by atoms with Crippen LogP contribution in [-0.2, 0) is 0 Å². The number of carbonyl (C=O) groups excluding carboxylic acids is 1. The van der Waals surface area contributed by atoms with Gasteiger partial charge in [-0.15, -0.1) is 0 Å². The molecule has 2 rings (SSSR count). The Morgan fingerprint density at radius 3 is 2.47 bits per heavy atom. The van der Waals surface area contributed by atoms with E-state index >= 15 is 0 Å². The molecular weight excluding hydrogens is 261 g/mol. The molecular formula is C11H7Cl2N3O. The fraction of sp³-hybridized carbons (Fsp3) is 0. The molecule has 1 aromatic carbocycles. The van der Waals surface area contributed by atoms with Crippen molar-refractivity contribution in [3.63, 3.8) is 0 Å². The highest BCUT2D eigenvalue weighted by atomic mass is 35.5. The number of benzene rings is 1. The van der Waals surface area contributed by atoms with E-state index in [1.54, 1.807) is 18.2 Å². The summed E-state index contributed by atoms with van der Waals surface area (Å²) in [6.45, 7) is 0. The second-order valence-electron chi connectivity index (χ2n) is 3.14. The van der Waals surface area contributed by atoms with Gasteiger partial charge in [0.15, 0.2) is 0 Å². The van der Waals surface area contributed by atoms with Gasteiger partial charge in [0.05, 0.1) is 21.9 Å². The van der Waals surface area contributed by atoms with E-state index in [2.05, 4.69) is 15.3 Å². The van der Waals surface area contributed by atoms with E-state index in [0.29, 0.717) is 15.7 Å². The van der Waals surface area contributed by atoms with E-state index in [1.165, 1.54) is 18.6 Å². The molecule has 0 bridgehead atoms. The topological polar surface area (TPSA) is 54.9 Å². The monoisotopic (exact) mass is 267 g/mol. The van der Waals surface area contributed by atoms with Crippen molar-refractivity contribution in [1.29, 1.82) is 0 Å². The molecule has 1 heterocycles. The zero-order valence-corrected chi connectivity index (χ0v) is 10.0. The van der Waals surface area contributed by atoms with Crippen LogP contribution in [0, 0.1) is 0 Å². The predicted molar refractivity (Wildman–Crippen MR) is 66.4 cm³/mol. The maximum atomic E-state index is 11.8. The molecule has 0 fully saturated rings. The lowest BCUT2D eigenvalue weighted by atomic mass is 10.3. The molecule has 0 atom stereocenters. The molecule has 0 radical (unpaired) electrons. The summed E-state index contributed by atoms with van der Waals surface area (Å²) in [7, 11) is 0. The average molecular weight is 268 g/mol. The Morgan fingerprint density at radius 1 is 1.18 bits per heavy atom. The van der Waals surface area contributed by atoms with Gasteiger partial charge in [-0.05, 0) is 12.1 Å². The molecule has 0 saturated heterocycles. The molecule has 17 heavy (non-hydrogen) atoms. The zero-order chi connectivity index (χ0) is 12.3. The molecule has 6 heteroatoms. The van der Waals surface area contributed by atoms with E-state index in [1.807, 2.05) is 0 Å². The van der Waals surface area contributed by atoms with Gasteiger partial charge < -0.3 is 5.32 Å². The molecule has 0 aliphatic carbocycles. The minimum absolute atomic E-state index is 0.198. The van der Waals surface area contributed by atoms with Crippen LogP contribution >= 0.6 is 23.2 Å². The highest BCUT2D eigenvalue weighted by Gasteiger charge is 2.12. The summed E-state index contributed by atoms with van der Waals surface area (Å²) in [6, 6.07) is 4.97. The van der Waals surface area contributed by atoms with E-state index in [-0.39, 0.29) is 5.69 Å². The smallest absolute Gasteiger partial charge is 0.275 e. The lowest BCUT2D eigenvalue weighted by molar-refractivity contribution is 0.102. The maximum absolute atomic E-state index is 11.8. The van der Waals surface area contributed by atoms with Crippen LogP contribution in [0.4, 0.5) is 5.69 Å². The Hall–Kier alpha value is -1.65. The van der Waals surface area contributed by atoms with Crippen molar-refractivity contribution in [1.82, 2.24) is 9.97 Å². The van der Waals surface area contributed by atoms with Gasteiger partial charge in [-0.2, -0.15) is 0 Å². The van der Waals surface area contributed by atoms with Gasteiger partial charge >= 0.3 is 0 Å². The van der Waals surface area contributed by atoms with E-state index in [9.17, 15) is 4.79 Å². The molecule has 0 saturated carbocycles. The molecule has 86 valence electrons. The van der Waals surface area contributed by atoms with Crippen molar-refractivity contribution in [2.45, 2.75) is 0 Å². The van der Waals surface area contributed by atoms with E-state index in [0.717, 1.165) is 0 Å². The number of rotatable bonds is 2. The number of hydrogen-bond acceptors (Lipinski definition) is 3. The van der Waals surface area contributed by atoms with Gasteiger partial charge in [0, 0.05) is 12.4 Å². The Balaban J connectivity index is 2.25. The van der Waals surface area contributed by atoms with Crippen LogP contribution in [-0.4, -0.2) is 15.9 Å². The van der Waals surface area contributed by atoms with E-state index in [4.69, 9.17) is 23.2 Å². The predicted octanol–water partition coefficient (Wildman–Crippen LogP) is 3.04. The van der Waals surface area contributed by atoms with E-state index < -0.39 is 5.91 Å². The highest BCUT2D eigenvalue weighted by molar-refractivity contribution is 6.39. The third-order valence-electron chi connectivity index (χ3n) is 2.00. The number of hydrogen-bond donors (Lipinski definition) is 1. The summed E-state index contributed by atoms with van der Waals surface area (Å²) in [5, 5.41) is 3.33. The summed E-state index contributed by atoms with van der Waals surface area (Å²) in [6.07, 6.45) is 4.28. The van der Waals surface area contributed by atoms with Crippen LogP contribution in [0.25, 0.3) is 0 Å². The Kier molecular flexibility index (Phi) is 3.56. The standard InChI is InChI=1S/C11H7Cl2N3O/c12-7-2-1-3-8(13)10(7)16-11(17)9-6-14-4-5-15-9/h1-6H,(H,16,17). The second kappa shape index (κ2) is 5.12. The Labute approximate surface area is 108 Å². The first-order valence-corrected chi connectivity index (χ1v) is 5.45. The fourth-order valence-corrected chi connectivity index (χ4v) is 1.70. The molecule has 0 unspecified atom stereocenters. The third-order valence-corrected chi connectivity index (χ3v) is 2.63. The maximum Gasteiger partial charge on any atom is 0.275 e. The molecule has 1 aromatic heterocycles. The van der Waals surface area contributed by atoms with Crippen molar-refractivity contribution in [3.8, 4) is 0 Å². The summed E-state index contributed by atoms with van der Waals surface area (Å²) in [5.74, 6) is -0.409. The fourth-order valence-electron chi connectivity index (χ4n) is 1.21. The van der Waals surface area contributed by atoms with Crippen LogP contribution in [0.2, 0.25) is 10.0 Å². The molecule has 0 aliphatic heterocycles. The van der Waals surface area contributed by atoms with Gasteiger partial charge in [-0.25, -0.2) is 4.98 Å². The molecule has 4 nitrogen and oxygen atoms in total. The Bertz CT molecular complexity index is 525. The molecule has 0 aliphatic rings. The van der Waals surface area contributed by atoms with Crippen molar-refractivity contribution < 1.29 is 4.79 Å². The minimum atomic E-state index is -0.409. The molecule has 2 aromatic rings. The van der Waals surface area contributed by atoms with Crippen LogP contribution in [0.15, 0.2) is 36.8 Å². The SMILES string of the molecule is O=C(Nc1c(Cl)cccc1Cl)c1cnccn1. The average Bonchev–Trinajstić information content (AvgIpc) is 2.35. The first-order chi connectivity index (χ1) is 8.18. The van der Waals surface area contributed by atoms with Gasteiger partial charge in [-0.1, -0.05) is 29.3 Å². The molecule has 1 N–H and O–H groups in total. The van der Waals surface area contributed by atoms with Gasteiger partial charge in [0.2, 0.25) is 0 Å². The van der Waals surface area contributed by atoms with Gasteiger partial charge in [-0.3, -0.25) is 9.78 Å². The van der Waals surface area contributed by atoms with Crippen LogP contribution in [0.3, 0.4) is 0 Å². The summed E-state index contributed by atoms with van der Waals surface area (Å²) >= 11 is 11.9. The largest absolute Gasteiger partial charge is 0.318 e. The van der Waals surface area contributed by atoms with Crippen molar-refractivity contribution in [2.24, 2.45) is 0 Å². The summed E-state index contributed by atoms with van der Waals surface area (Å²) < 4.78 is 0. The number of aromatic nitrogens is 2. The lowest BCUT2D eigenvalue weighted by Crippen LogP contribution is -2.14. The normalized spacial score (nSPS) is 10.0. The molecule has 1 amide bonds. The first-order valence-electron chi connectivity index (χ1n) is 4.70. The lowest BCUT2D eigenvalue weighted by Gasteiger charge is -2.08. The van der Waals surface area contributed by atoms with Crippen LogP contribution in [0.1, 0.15) is 10.5 Å². The first kappa shape index (κ1) is 11.8. The number of amides is 1. The Morgan fingerprint density at radius 2 is 1.88 bits per heavy atom. The van der Waals surface area contributed by atoms with Crippen LogP contribution < -0.4 is 5.32 Å². The summed E-state index contributed by atoms with van der Waals surface area (Å²) in [5.41, 5.74) is 0.565. The zero-order valence-electron chi connectivity index (χ0n) is 8.52. The number of carbonyl (C=O) groups is 1. The minimum Gasteiger partial charge on any atom is -0.318 e. The van der Waals surface area contributed by atoms with Crippen molar-refractivity contribution >= 4 is 34.8 Å². The third kappa shape index (κ3) is 2.72. The number of anilines is 1. The quantitative estimate of drug-likeness (QED) is 0.910. The van der Waals surface area contributed by atoms with Gasteiger partial charge in [0.1, 0.15) is 5.69 Å². The van der Waals surface area contributed by atoms with Gasteiger partial charge in [0.25, 0.3) is 5.91 Å². The highest BCUT2D eigenvalue weighted by Crippen LogP contribution is 2.29. The second-order valence-corrected chi connectivity index (χ2v) is 3.96. The number of nitrogens with zero attached hydrogens (tertiary/aromatic N) is 2. The van der Waals surface area contributed by atoms with Crippen LogP contribution in [0.5, 0.6) is 0 Å².